The van der Waals surface area contributed by atoms with E-state index in [0.717, 1.165) is 12.2 Å². The highest BCUT2D eigenvalue weighted by Gasteiger charge is 2.13. The molecule has 100 valence electrons. The summed E-state index contributed by atoms with van der Waals surface area (Å²) in [5.41, 5.74) is 1.21. The standard InChI is InChI=1S/C14H17N3O2/c1-4-10-6-5-7-11(8-10)19-14-12(18-3)13(15-2)16-9-17-14/h5-9H,4H2,1-3H3,(H,15,16,17). The molecular formula is C14H17N3O2. The monoisotopic (exact) mass is 259 g/mol. The Morgan fingerprint density at radius 1 is 1.26 bits per heavy atom. The molecule has 19 heavy (non-hydrogen) atoms. The van der Waals surface area contributed by atoms with Gasteiger partial charge in [0, 0.05) is 7.05 Å². The number of benzene rings is 1. The molecule has 0 amide bonds. The Labute approximate surface area is 112 Å². The summed E-state index contributed by atoms with van der Waals surface area (Å²) in [5.74, 6) is 2.22. The van der Waals surface area contributed by atoms with E-state index in [1.54, 1.807) is 14.2 Å². The van der Waals surface area contributed by atoms with Crippen LogP contribution in [0.5, 0.6) is 17.4 Å². The van der Waals surface area contributed by atoms with Gasteiger partial charge in [-0.2, -0.15) is 4.98 Å². The van der Waals surface area contributed by atoms with Crippen molar-refractivity contribution in [1.82, 2.24) is 9.97 Å². The normalized spacial score (nSPS) is 10.1. The topological polar surface area (TPSA) is 56.3 Å². The van der Waals surface area contributed by atoms with Crippen LogP contribution in [0, 0.1) is 0 Å². The van der Waals surface area contributed by atoms with Gasteiger partial charge in [-0.1, -0.05) is 19.1 Å². The van der Waals surface area contributed by atoms with Crippen LogP contribution in [-0.2, 0) is 6.42 Å². The zero-order valence-electron chi connectivity index (χ0n) is 11.3. The van der Waals surface area contributed by atoms with E-state index < -0.39 is 0 Å². The summed E-state index contributed by atoms with van der Waals surface area (Å²) in [6.07, 6.45) is 2.40. The molecule has 0 aliphatic rings. The summed E-state index contributed by atoms with van der Waals surface area (Å²) in [5, 5.41) is 2.94. The molecule has 0 spiro atoms. The van der Waals surface area contributed by atoms with Crippen molar-refractivity contribution in [2.75, 3.05) is 19.5 Å². The van der Waals surface area contributed by atoms with Crippen LogP contribution in [0.3, 0.4) is 0 Å². The van der Waals surface area contributed by atoms with Crippen LogP contribution >= 0.6 is 0 Å². The van der Waals surface area contributed by atoms with Crippen molar-refractivity contribution in [3.05, 3.63) is 36.2 Å². The summed E-state index contributed by atoms with van der Waals surface area (Å²) in [7, 11) is 3.33. The third kappa shape index (κ3) is 2.93. The molecular weight excluding hydrogens is 242 g/mol. The Morgan fingerprint density at radius 2 is 2.11 bits per heavy atom. The number of nitrogens with one attached hydrogen (secondary N) is 1. The Balaban J connectivity index is 2.32. The molecule has 0 saturated heterocycles. The van der Waals surface area contributed by atoms with Crippen molar-refractivity contribution in [1.29, 1.82) is 0 Å². The van der Waals surface area contributed by atoms with E-state index in [1.165, 1.54) is 11.9 Å². The zero-order valence-corrected chi connectivity index (χ0v) is 11.3. The van der Waals surface area contributed by atoms with Gasteiger partial charge in [0.15, 0.2) is 5.82 Å². The van der Waals surface area contributed by atoms with Crippen molar-refractivity contribution in [3.8, 4) is 17.4 Å². The van der Waals surface area contributed by atoms with E-state index in [4.69, 9.17) is 9.47 Å². The molecule has 1 N–H and O–H groups in total. The number of hydrogen-bond donors (Lipinski definition) is 1. The summed E-state index contributed by atoms with van der Waals surface area (Å²) in [6.45, 7) is 2.10. The highest BCUT2D eigenvalue weighted by atomic mass is 16.5. The number of hydrogen-bond acceptors (Lipinski definition) is 5. The first-order valence-corrected chi connectivity index (χ1v) is 6.12. The van der Waals surface area contributed by atoms with Gasteiger partial charge in [0.1, 0.15) is 12.1 Å². The largest absolute Gasteiger partial charge is 0.489 e. The van der Waals surface area contributed by atoms with Gasteiger partial charge < -0.3 is 14.8 Å². The van der Waals surface area contributed by atoms with Crippen molar-refractivity contribution >= 4 is 5.82 Å². The lowest BCUT2D eigenvalue weighted by Crippen LogP contribution is -2.01. The van der Waals surface area contributed by atoms with Crippen molar-refractivity contribution in [2.45, 2.75) is 13.3 Å². The molecule has 5 heteroatoms. The lowest BCUT2D eigenvalue weighted by atomic mass is 10.2. The van der Waals surface area contributed by atoms with Crippen LogP contribution in [0.15, 0.2) is 30.6 Å². The lowest BCUT2D eigenvalue weighted by molar-refractivity contribution is 0.369. The third-order valence-electron chi connectivity index (χ3n) is 2.73. The molecule has 0 saturated carbocycles. The second kappa shape index (κ2) is 6.04. The summed E-state index contributed by atoms with van der Waals surface area (Å²) in [6, 6.07) is 7.89. The predicted octanol–water partition coefficient (Wildman–Crippen LogP) is 2.88. The highest BCUT2D eigenvalue weighted by Crippen LogP contribution is 2.33. The molecule has 2 rings (SSSR count). The Hall–Kier alpha value is -2.30. The number of anilines is 1. The van der Waals surface area contributed by atoms with E-state index >= 15 is 0 Å². The van der Waals surface area contributed by atoms with Gasteiger partial charge in [-0.05, 0) is 24.1 Å². The van der Waals surface area contributed by atoms with Crippen molar-refractivity contribution < 1.29 is 9.47 Å². The van der Waals surface area contributed by atoms with Crippen LogP contribution in [0.4, 0.5) is 5.82 Å². The number of ether oxygens (including phenoxy) is 2. The second-order valence-electron chi connectivity index (χ2n) is 3.91. The summed E-state index contributed by atoms with van der Waals surface area (Å²) < 4.78 is 11.1. The fourth-order valence-electron chi connectivity index (χ4n) is 1.73. The van der Waals surface area contributed by atoms with Gasteiger partial charge in [-0.25, -0.2) is 4.98 Å². The van der Waals surface area contributed by atoms with Gasteiger partial charge in [0.05, 0.1) is 7.11 Å². The first-order chi connectivity index (χ1) is 9.28. The molecule has 0 aliphatic heterocycles. The maximum Gasteiger partial charge on any atom is 0.268 e. The average molecular weight is 259 g/mol. The molecule has 0 aliphatic carbocycles. The van der Waals surface area contributed by atoms with Crippen molar-refractivity contribution in [3.63, 3.8) is 0 Å². The fraction of sp³-hybridized carbons (Fsp3) is 0.286. The number of aromatic nitrogens is 2. The Morgan fingerprint density at radius 3 is 2.79 bits per heavy atom. The SMILES string of the molecule is CCc1cccc(Oc2ncnc(NC)c2OC)c1. The molecule has 0 bridgehead atoms. The number of aryl methyl sites for hydroxylation is 1. The molecule has 1 aromatic carbocycles. The Kier molecular flexibility index (Phi) is 4.18. The van der Waals surface area contributed by atoms with Crippen LogP contribution in [0.25, 0.3) is 0 Å². The van der Waals surface area contributed by atoms with Crippen LogP contribution in [0.1, 0.15) is 12.5 Å². The van der Waals surface area contributed by atoms with Gasteiger partial charge in [-0.15, -0.1) is 0 Å². The van der Waals surface area contributed by atoms with Gasteiger partial charge in [0.2, 0.25) is 5.75 Å². The highest BCUT2D eigenvalue weighted by molar-refractivity contribution is 5.55. The van der Waals surface area contributed by atoms with Crippen LogP contribution in [0.2, 0.25) is 0 Å². The molecule has 0 fully saturated rings. The minimum Gasteiger partial charge on any atom is -0.489 e. The van der Waals surface area contributed by atoms with Gasteiger partial charge >= 0.3 is 0 Å². The molecule has 1 heterocycles. The van der Waals surface area contributed by atoms with E-state index in [0.29, 0.717) is 17.4 Å². The maximum atomic E-state index is 5.77. The number of methoxy groups -OCH3 is 1. The van der Waals surface area contributed by atoms with E-state index in [9.17, 15) is 0 Å². The van der Waals surface area contributed by atoms with E-state index in [1.807, 2.05) is 18.2 Å². The summed E-state index contributed by atoms with van der Waals surface area (Å²) in [4.78, 5) is 8.19. The molecule has 0 atom stereocenters. The average Bonchev–Trinajstić information content (AvgIpc) is 2.47. The zero-order chi connectivity index (χ0) is 13.7. The molecule has 5 nitrogen and oxygen atoms in total. The first-order valence-electron chi connectivity index (χ1n) is 6.12. The quantitative estimate of drug-likeness (QED) is 0.894. The van der Waals surface area contributed by atoms with E-state index in [-0.39, 0.29) is 0 Å². The predicted molar refractivity (Wildman–Crippen MR) is 74.0 cm³/mol. The molecule has 2 aromatic rings. The number of rotatable bonds is 5. The second-order valence-corrected chi connectivity index (χ2v) is 3.91. The smallest absolute Gasteiger partial charge is 0.268 e. The minimum atomic E-state index is 0.398. The van der Waals surface area contributed by atoms with Crippen molar-refractivity contribution in [2.24, 2.45) is 0 Å². The third-order valence-corrected chi connectivity index (χ3v) is 2.73. The van der Waals surface area contributed by atoms with Gasteiger partial charge in [0.25, 0.3) is 5.88 Å². The number of nitrogens with zero attached hydrogens (tertiary/aromatic N) is 2. The molecule has 0 radical (unpaired) electrons. The minimum absolute atomic E-state index is 0.398. The van der Waals surface area contributed by atoms with Crippen LogP contribution < -0.4 is 14.8 Å². The Bertz CT molecular complexity index is 558. The van der Waals surface area contributed by atoms with E-state index in [2.05, 4.69) is 28.3 Å². The molecule has 1 aromatic heterocycles. The van der Waals surface area contributed by atoms with Crippen LogP contribution in [-0.4, -0.2) is 24.1 Å². The fourth-order valence-corrected chi connectivity index (χ4v) is 1.73. The maximum absolute atomic E-state index is 5.77. The first kappa shape index (κ1) is 13.1. The van der Waals surface area contributed by atoms with Gasteiger partial charge in [-0.3, -0.25) is 0 Å². The lowest BCUT2D eigenvalue weighted by Gasteiger charge is -2.12. The molecule has 0 unspecified atom stereocenters. The summed E-state index contributed by atoms with van der Waals surface area (Å²) >= 11 is 0.